The van der Waals surface area contributed by atoms with E-state index in [9.17, 15) is 9.59 Å². The second-order valence-corrected chi connectivity index (χ2v) is 8.42. The molecule has 1 aliphatic rings. The summed E-state index contributed by atoms with van der Waals surface area (Å²) >= 11 is 3.49. The van der Waals surface area contributed by atoms with Crippen LogP contribution >= 0.6 is 15.9 Å². The Labute approximate surface area is 192 Å². The first-order valence-corrected chi connectivity index (χ1v) is 11.4. The van der Waals surface area contributed by atoms with E-state index in [2.05, 4.69) is 26.1 Å². The van der Waals surface area contributed by atoms with Gasteiger partial charge in [-0.25, -0.2) is 4.79 Å². The third kappa shape index (κ3) is 6.31. The second kappa shape index (κ2) is 11.3. The van der Waals surface area contributed by atoms with E-state index >= 15 is 0 Å². The second-order valence-electron chi connectivity index (χ2n) is 7.51. The van der Waals surface area contributed by atoms with Gasteiger partial charge < -0.3 is 19.7 Å². The molecule has 31 heavy (non-hydrogen) atoms. The number of anilines is 1. The molecular formula is C24H29BrN2O4. The minimum Gasteiger partial charge on any atom is -0.462 e. The molecule has 7 heteroatoms. The molecule has 0 atom stereocenters. The van der Waals surface area contributed by atoms with Gasteiger partial charge in [0.1, 0.15) is 0 Å². The highest BCUT2D eigenvalue weighted by atomic mass is 79.9. The Bertz CT molecular complexity index is 893. The zero-order valence-corrected chi connectivity index (χ0v) is 19.6. The van der Waals surface area contributed by atoms with Crippen LogP contribution in [0.25, 0.3) is 0 Å². The first-order valence-electron chi connectivity index (χ1n) is 10.6. The molecule has 0 aromatic heterocycles. The molecule has 1 heterocycles. The van der Waals surface area contributed by atoms with Gasteiger partial charge in [-0.2, -0.15) is 0 Å². The van der Waals surface area contributed by atoms with Crippen molar-refractivity contribution in [3.63, 3.8) is 0 Å². The van der Waals surface area contributed by atoms with Crippen molar-refractivity contribution in [1.82, 2.24) is 5.32 Å². The Kier molecular flexibility index (Phi) is 8.49. The van der Waals surface area contributed by atoms with E-state index in [1.807, 2.05) is 30.3 Å². The van der Waals surface area contributed by atoms with Crippen LogP contribution in [-0.2, 0) is 15.9 Å². The number of ether oxygens (including phenoxy) is 2. The fourth-order valence-electron chi connectivity index (χ4n) is 3.74. The molecule has 1 saturated heterocycles. The van der Waals surface area contributed by atoms with Crippen molar-refractivity contribution >= 4 is 33.5 Å². The van der Waals surface area contributed by atoms with Gasteiger partial charge in [0.25, 0.3) is 5.91 Å². The number of hydrogen-bond acceptors (Lipinski definition) is 5. The lowest BCUT2D eigenvalue weighted by Crippen LogP contribution is -2.38. The van der Waals surface area contributed by atoms with Gasteiger partial charge in [0, 0.05) is 36.9 Å². The number of piperidine rings is 1. The molecule has 0 unspecified atom stereocenters. The Hall–Kier alpha value is -2.38. The lowest BCUT2D eigenvalue weighted by molar-refractivity contribution is 0.0526. The van der Waals surface area contributed by atoms with Crippen LogP contribution < -0.4 is 10.2 Å². The van der Waals surface area contributed by atoms with Crippen LogP contribution in [0, 0.1) is 0 Å². The van der Waals surface area contributed by atoms with Gasteiger partial charge in [-0.1, -0.05) is 28.1 Å². The number of carbonyl (C=O) groups is 2. The van der Waals surface area contributed by atoms with Crippen LogP contribution in [-0.4, -0.2) is 51.3 Å². The van der Waals surface area contributed by atoms with Crippen LogP contribution in [0.3, 0.4) is 0 Å². The van der Waals surface area contributed by atoms with Crippen LogP contribution in [0.15, 0.2) is 46.9 Å². The van der Waals surface area contributed by atoms with Crippen LogP contribution in [0.4, 0.5) is 5.69 Å². The lowest BCUT2D eigenvalue weighted by Gasteiger charge is -2.34. The summed E-state index contributed by atoms with van der Waals surface area (Å²) in [5, 5.41) is 3.03. The average molecular weight is 489 g/mol. The molecule has 0 bridgehead atoms. The normalized spacial score (nSPS) is 14.4. The largest absolute Gasteiger partial charge is 0.462 e. The number of halogens is 1. The minimum atomic E-state index is -0.320. The average Bonchev–Trinajstić information content (AvgIpc) is 2.79. The van der Waals surface area contributed by atoms with Gasteiger partial charge in [0.2, 0.25) is 0 Å². The first kappa shape index (κ1) is 23.3. The zero-order valence-electron chi connectivity index (χ0n) is 18.0. The maximum absolute atomic E-state index is 12.9. The molecule has 6 nitrogen and oxygen atoms in total. The van der Waals surface area contributed by atoms with Gasteiger partial charge in [-0.05, 0) is 62.1 Å². The van der Waals surface area contributed by atoms with Crippen molar-refractivity contribution in [3.05, 3.63) is 63.6 Å². The molecule has 2 aromatic rings. The molecule has 1 amide bonds. The maximum atomic E-state index is 12.9. The highest BCUT2D eigenvalue weighted by Crippen LogP contribution is 2.28. The van der Waals surface area contributed by atoms with E-state index in [-0.39, 0.29) is 11.9 Å². The summed E-state index contributed by atoms with van der Waals surface area (Å²) in [6, 6.07) is 13.1. The first-order chi connectivity index (χ1) is 15.0. The molecular weight excluding hydrogens is 460 g/mol. The maximum Gasteiger partial charge on any atom is 0.338 e. The third-order valence-corrected chi connectivity index (χ3v) is 5.98. The lowest BCUT2D eigenvalue weighted by atomic mass is 10.0. The summed E-state index contributed by atoms with van der Waals surface area (Å²) in [5.41, 5.74) is 3.20. The molecule has 1 aliphatic heterocycles. The van der Waals surface area contributed by atoms with E-state index in [0.29, 0.717) is 36.8 Å². The zero-order chi connectivity index (χ0) is 22.2. The molecule has 166 valence electrons. The summed E-state index contributed by atoms with van der Waals surface area (Å²) in [4.78, 5) is 26.9. The van der Waals surface area contributed by atoms with Crippen molar-refractivity contribution < 1.29 is 19.1 Å². The monoisotopic (exact) mass is 488 g/mol. The van der Waals surface area contributed by atoms with Crippen LogP contribution in [0.2, 0.25) is 0 Å². The molecule has 0 spiro atoms. The van der Waals surface area contributed by atoms with Crippen molar-refractivity contribution in [1.29, 1.82) is 0 Å². The van der Waals surface area contributed by atoms with Crippen molar-refractivity contribution in [3.8, 4) is 0 Å². The Morgan fingerprint density at radius 3 is 2.48 bits per heavy atom. The smallest absolute Gasteiger partial charge is 0.338 e. The number of rotatable bonds is 8. The summed E-state index contributed by atoms with van der Waals surface area (Å²) in [7, 11) is 1.75. The molecule has 3 rings (SSSR count). The molecule has 2 aromatic carbocycles. The molecule has 0 radical (unpaired) electrons. The molecule has 1 N–H and O–H groups in total. The van der Waals surface area contributed by atoms with Gasteiger partial charge in [0.15, 0.2) is 0 Å². The Morgan fingerprint density at radius 1 is 1.13 bits per heavy atom. The van der Waals surface area contributed by atoms with Gasteiger partial charge >= 0.3 is 5.97 Å². The fourth-order valence-corrected chi connectivity index (χ4v) is 4.10. The number of esters is 1. The van der Waals surface area contributed by atoms with Gasteiger partial charge in [0.05, 0.1) is 23.8 Å². The summed E-state index contributed by atoms with van der Waals surface area (Å²) < 4.78 is 11.3. The van der Waals surface area contributed by atoms with Crippen molar-refractivity contribution in [2.75, 3.05) is 38.3 Å². The number of methoxy groups -OCH3 is 1. The van der Waals surface area contributed by atoms with E-state index in [4.69, 9.17) is 9.47 Å². The summed E-state index contributed by atoms with van der Waals surface area (Å²) in [5.74, 6) is -0.410. The highest BCUT2D eigenvalue weighted by Gasteiger charge is 2.23. The molecule has 0 saturated carbocycles. The Balaban J connectivity index is 1.59. The standard InChI is InChI=1S/C24H29BrN2O4/c1-3-31-24(29)18-6-4-17(5-7-18)10-13-26-23(28)21-16-19(25)8-9-22(21)27-14-11-20(30-2)12-15-27/h4-9,16,20H,3,10-15H2,1-2H3,(H,26,28). The number of carbonyl (C=O) groups excluding carboxylic acids is 2. The molecule has 1 fully saturated rings. The van der Waals surface area contributed by atoms with Crippen molar-refractivity contribution in [2.45, 2.75) is 32.3 Å². The van der Waals surface area contributed by atoms with Gasteiger partial charge in [-0.15, -0.1) is 0 Å². The van der Waals surface area contributed by atoms with E-state index < -0.39 is 0 Å². The van der Waals surface area contributed by atoms with Crippen LogP contribution in [0.1, 0.15) is 46.0 Å². The van der Waals surface area contributed by atoms with Crippen molar-refractivity contribution in [2.24, 2.45) is 0 Å². The Morgan fingerprint density at radius 2 is 1.84 bits per heavy atom. The SMILES string of the molecule is CCOC(=O)c1ccc(CCNC(=O)c2cc(Br)ccc2N2CCC(OC)CC2)cc1. The summed E-state index contributed by atoms with van der Waals surface area (Å²) in [6.07, 6.45) is 2.88. The number of nitrogens with one attached hydrogen (secondary N) is 1. The summed E-state index contributed by atoms with van der Waals surface area (Å²) in [6.45, 7) is 4.39. The molecule has 0 aliphatic carbocycles. The highest BCUT2D eigenvalue weighted by molar-refractivity contribution is 9.10. The predicted molar refractivity (Wildman–Crippen MR) is 125 cm³/mol. The van der Waals surface area contributed by atoms with E-state index in [1.165, 1.54) is 0 Å². The third-order valence-electron chi connectivity index (χ3n) is 5.48. The van der Waals surface area contributed by atoms with Gasteiger partial charge in [-0.3, -0.25) is 4.79 Å². The number of nitrogens with zero attached hydrogens (tertiary/aromatic N) is 1. The topological polar surface area (TPSA) is 67.9 Å². The van der Waals surface area contributed by atoms with E-state index in [1.54, 1.807) is 26.2 Å². The minimum absolute atomic E-state index is 0.0895. The predicted octanol–water partition coefficient (Wildman–Crippen LogP) is 4.21. The quantitative estimate of drug-likeness (QED) is 0.563. The van der Waals surface area contributed by atoms with E-state index in [0.717, 1.165) is 41.7 Å². The fraction of sp³-hybridized carbons (Fsp3) is 0.417. The number of hydrogen-bond donors (Lipinski definition) is 1. The van der Waals surface area contributed by atoms with Crippen LogP contribution in [0.5, 0.6) is 0 Å². The number of amides is 1. The number of benzene rings is 2.